The topological polar surface area (TPSA) is 89.7 Å². The molecule has 1 fully saturated rings. The van der Waals surface area contributed by atoms with E-state index in [-0.39, 0.29) is 0 Å². The number of hydrogen-bond donors (Lipinski definition) is 1. The normalized spacial score (nSPS) is 16.7. The molecular weight excluding hydrogens is 430 g/mol. The van der Waals surface area contributed by atoms with Gasteiger partial charge in [-0.2, -0.15) is 4.52 Å². The van der Waals surface area contributed by atoms with E-state index < -0.39 is 0 Å². The molecule has 4 aromatic rings. The number of likely N-dealkylation sites (tertiary alicyclic amines) is 1. The fourth-order valence-electron chi connectivity index (χ4n) is 4.64. The summed E-state index contributed by atoms with van der Waals surface area (Å²) in [7, 11) is 3.25. The molecule has 5 rings (SSSR count). The predicted octanol–water partition coefficient (Wildman–Crippen LogP) is 4.03. The lowest BCUT2D eigenvalue weighted by atomic mass is 10.0. The first kappa shape index (κ1) is 22.3. The van der Waals surface area contributed by atoms with Gasteiger partial charge in [0.25, 0.3) is 0 Å². The van der Waals surface area contributed by atoms with Crippen molar-refractivity contribution in [1.82, 2.24) is 29.5 Å². The standard InChI is InChI=1S/C25H31N7O2/c1-17-8-4-5-12-31(17)13-7-11-27-25-28-20-15-22(34-3)21(33-2)14-19(20)24-29-23(30-32(24)25)18-9-6-10-26-16-18/h6,9-10,14-17H,4-5,7-8,11-13H2,1-3H3,(H,27,28). The van der Waals surface area contributed by atoms with Gasteiger partial charge < -0.3 is 19.7 Å². The van der Waals surface area contributed by atoms with Crippen LogP contribution >= 0.6 is 0 Å². The first-order valence-electron chi connectivity index (χ1n) is 11.9. The van der Waals surface area contributed by atoms with Gasteiger partial charge >= 0.3 is 0 Å². The maximum absolute atomic E-state index is 5.52. The van der Waals surface area contributed by atoms with E-state index in [9.17, 15) is 0 Å². The van der Waals surface area contributed by atoms with Crippen LogP contribution in [0, 0.1) is 0 Å². The average Bonchev–Trinajstić information content (AvgIpc) is 3.33. The highest BCUT2D eigenvalue weighted by Gasteiger charge is 2.19. The van der Waals surface area contributed by atoms with Gasteiger partial charge in [0.15, 0.2) is 23.0 Å². The summed E-state index contributed by atoms with van der Waals surface area (Å²) in [5.41, 5.74) is 2.32. The molecule has 3 aromatic heterocycles. The van der Waals surface area contributed by atoms with Crippen molar-refractivity contribution in [2.24, 2.45) is 0 Å². The fourth-order valence-corrected chi connectivity index (χ4v) is 4.64. The third-order valence-corrected chi connectivity index (χ3v) is 6.54. The van der Waals surface area contributed by atoms with Crippen molar-refractivity contribution >= 4 is 22.5 Å². The summed E-state index contributed by atoms with van der Waals surface area (Å²) >= 11 is 0. The molecule has 9 nitrogen and oxygen atoms in total. The molecule has 1 aliphatic rings. The minimum Gasteiger partial charge on any atom is -0.493 e. The van der Waals surface area contributed by atoms with E-state index in [1.807, 2.05) is 24.3 Å². The number of piperidine rings is 1. The van der Waals surface area contributed by atoms with Crippen LogP contribution in [0.1, 0.15) is 32.6 Å². The van der Waals surface area contributed by atoms with Gasteiger partial charge in [-0.15, -0.1) is 5.10 Å². The molecule has 1 unspecified atom stereocenters. The Morgan fingerprint density at radius 2 is 1.97 bits per heavy atom. The van der Waals surface area contributed by atoms with Crippen molar-refractivity contribution in [3.05, 3.63) is 36.7 Å². The van der Waals surface area contributed by atoms with E-state index in [4.69, 9.17) is 24.5 Å². The Hall–Kier alpha value is -3.46. The zero-order valence-electron chi connectivity index (χ0n) is 20.0. The molecule has 4 heterocycles. The fraction of sp³-hybridized carbons (Fsp3) is 0.440. The molecule has 9 heteroatoms. The maximum Gasteiger partial charge on any atom is 0.226 e. The second-order valence-electron chi connectivity index (χ2n) is 8.73. The van der Waals surface area contributed by atoms with Crippen LogP contribution in [0.25, 0.3) is 27.9 Å². The lowest BCUT2D eigenvalue weighted by molar-refractivity contribution is 0.160. The quantitative estimate of drug-likeness (QED) is 0.393. The monoisotopic (exact) mass is 461 g/mol. The van der Waals surface area contributed by atoms with E-state index in [0.717, 1.165) is 36.0 Å². The number of fused-ring (bicyclic) bond motifs is 3. The van der Waals surface area contributed by atoms with E-state index in [1.54, 1.807) is 31.1 Å². The molecule has 0 amide bonds. The number of nitrogens with zero attached hydrogens (tertiary/aromatic N) is 6. The third kappa shape index (κ3) is 4.35. The molecule has 1 aliphatic heterocycles. The summed E-state index contributed by atoms with van der Waals surface area (Å²) in [6.45, 7) is 5.40. The minimum atomic E-state index is 0.599. The van der Waals surface area contributed by atoms with Gasteiger partial charge in [-0.05, 0) is 50.9 Å². The Morgan fingerprint density at radius 1 is 1.12 bits per heavy atom. The van der Waals surface area contributed by atoms with Crippen molar-refractivity contribution in [2.75, 3.05) is 39.2 Å². The Kier molecular flexibility index (Phi) is 6.44. The minimum absolute atomic E-state index is 0.599. The van der Waals surface area contributed by atoms with Crippen molar-refractivity contribution in [2.45, 2.75) is 38.6 Å². The zero-order chi connectivity index (χ0) is 23.5. The molecule has 1 N–H and O–H groups in total. The van der Waals surface area contributed by atoms with Crippen molar-refractivity contribution < 1.29 is 9.47 Å². The summed E-state index contributed by atoms with van der Waals surface area (Å²) < 4.78 is 12.8. The van der Waals surface area contributed by atoms with Crippen molar-refractivity contribution in [3.63, 3.8) is 0 Å². The van der Waals surface area contributed by atoms with Crippen LogP contribution in [0.5, 0.6) is 11.5 Å². The second-order valence-corrected chi connectivity index (χ2v) is 8.73. The van der Waals surface area contributed by atoms with E-state index >= 15 is 0 Å². The smallest absolute Gasteiger partial charge is 0.226 e. The van der Waals surface area contributed by atoms with E-state index in [2.05, 4.69) is 22.1 Å². The van der Waals surface area contributed by atoms with Gasteiger partial charge in [-0.3, -0.25) is 4.98 Å². The molecule has 34 heavy (non-hydrogen) atoms. The second kappa shape index (κ2) is 9.80. The van der Waals surface area contributed by atoms with Crippen LogP contribution in [0.4, 0.5) is 5.95 Å². The summed E-state index contributed by atoms with van der Waals surface area (Å²) in [6.07, 6.45) is 8.47. The Labute approximate surface area is 199 Å². The molecule has 1 aromatic carbocycles. The molecule has 178 valence electrons. The van der Waals surface area contributed by atoms with Crippen LogP contribution in [-0.4, -0.2) is 69.4 Å². The summed E-state index contributed by atoms with van der Waals surface area (Å²) in [6, 6.07) is 8.28. The molecule has 0 saturated carbocycles. The van der Waals surface area contributed by atoms with Crippen LogP contribution in [0.2, 0.25) is 0 Å². The van der Waals surface area contributed by atoms with Crippen molar-refractivity contribution in [3.8, 4) is 22.9 Å². The third-order valence-electron chi connectivity index (χ3n) is 6.54. The van der Waals surface area contributed by atoms with E-state index in [0.29, 0.717) is 35.0 Å². The molecular formula is C25H31N7O2. The Bertz CT molecular complexity index is 1270. The van der Waals surface area contributed by atoms with Gasteiger partial charge in [-0.25, -0.2) is 9.97 Å². The van der Waals surface area contributed by atoms with Crippen LogP contribution < -0.4 is 14.8 Å². The number of rotatable bonds is 8. The van der Waals surface area contributed by atoms with Gasteiger partial charge in [0, 0.05) is 48.5 Å². The number of anilines is 1. The van der Waals surface area contributed by atoms with Crippen LogP contribution in [0.15, 0.2) is 36.7 Å². The average molecular weight is 462 g/mol. The summed E-state index contributed by atoms with van der Waals surface area (Å²) in [4.78, 5) is 16.5. The van der Waals surface area contributed by atoms with Gasteiger partial charge in [0.1, 0.15) is 0 Å². The highest BCUT2D eigenvalue weighted by atomic mass is 16.5. The number of hydrogen-bond acceptors (Lipinski definition) is 8. The lowest BCUT2D eigenvalue weighted by Crippen LogP contribution is -2.38. The molecule has 0 radical (unpaired) electrons. The van der Waals surface area contributed by atoms with Gasteiger partial charge in [0.2, 0.25) is 5.95 Å². The zero-order valence-corrected chi connectivity index (χ0v) is 20.0. The Balaban J connectivity index is 1.49. The number of methoxy groups -OCH3 is 2. The van der Waals surface area contributed by atoms with Crippen LogP contribution in [0.3, 0.4) is 0 Å². The lowest BCUT2D eigenvalue weighted by Gasteiger charge is -2.33. The van der Waals surface area contributed by atoms with E-state index in [1.165, 1.54) is 25.8 Å². The van der Waals surface area contributed by atoms with Crippen LogP contribution in [-0.2, 0) is 0 Å². The molecule has 0 spiro atoms. The number of nitrogens with one attached hydrogen (secondary N) is 1. The molecule has 1 atom stereocenters. The molecule has 0 aliphatic carbocycles. The molecule has 0 bridgehead atoms. The van der Waals surface area contributed by atoms with Crippen molar-refractivity contribution in [1.29, 1.82) is 0 Å². The highest BCUT2D eigenvalue weighted by molar-refractivity contribution is 5.95. The summed E-state index contributed by atoms with van der Waals surface area (Å²) in [5.74, 6) is 2.51. The predicted molar refractivity (Wildman–Crippen MR) is 133 cm³/mol. The Morgan fingerprint density at radius 3 is 2.74 bits per heavy atom. The first-order chi connectivity index (χ1) is 16.7. The maximum atomic E-state index is 5.52. The number of aromatic nitrogens is 5. The first-order valence-corrected chi connectivity index (χ1v) is 11.9. The highest BCUT2D eigenvalue weighted by Crippen LogP contribution is 2.34. The number of pyridine rings is 1. The van der Waals surface area contributed by atoms with Gasteiger partial charge in [-0.1, -0.05) is 6.42 Å². The van der Waals surface area contributed by atoms with Gasteiger partial charge in [0.05, 0.1) is 19.7 Å². The SMILES string of the molecule is COc1cc2nc(NCCCN3CCCCC3C)n3nc(-c4cccnc4)nc3c2cc1OC. The number of benzene rings is 1. The largest absolute Gasteiger partial charge is 0.493 e. The molecule has 1 saturated heterocycles. The summed E-state index contributed by atoms with van der Waals surface area (Å²) in [5, 5.41) is 9.11. The number of ether oxygens (including phenoxy) is 2.